The van der Waals surface area contributed by atoms with Crippen molar-refractivity contribution in [2.45, 2.75) is 31.3 Å². The summed E-state index contributed by atoms with van der Waals surface area (Å²) in [6, 6.07) is -1.35. The fraction of sp³-hybridized carbons (Fsp3) is 0.875. The molecule has 17 heavy (non-hydrogen) atoms. The first-order valence-corrected chi connectivity index (χ1v) is 4.83. The molecule has 0 aromatic carbocycles. The quantitative estimate of drug-likeness (QED) is 0.237. The minimum absolute atomic E-state index is 0.624. The highest BCUT2D eigenvalue weighted by atomic mass is 16.6. The van der Waals surface area contributed by atoms with Gasteiger partial charge in [0.25, 0.3) is 0 Å². The lowest BCUT2D eigenvalue weighted by Crippen LogP contribution is -2.55. The van der Waals surface area contributed by atoms with E-state index in [2.05, 4.69) is 5.32 Å². The Morgan fingerprint density at radius 1 is 1.35 bits per heavy atom. The average Bonchev–Trinajstić information content (AvgIpc) is 2.23. The molecule has 0 radical (unpaired) electrons. The van der Waals surface area contributed by atoms with E-state index in [9.17, 15) is 25.1 Å². The second-order valence-corrected chi connectivity index (χ2v) is 3.55. The Hall–Kier alpha value is -1.29. The van der Waals surface area contributed by atoms with Crippen LogP contribution in [-0.4, -0.2) is 68.8 Å². The lowest BCUT2D eigenvalue weighted by molar-refractivity contribution is -0.485. The zero-order valence-electron chi connectivity index (χ0n) is 9.18. The summed E-state index contributed by atoms with van der Waals surface area (Å²) in [6.07, 6.45) is -5.20. The number of rotatable bonds is 7. The highest BCUT2D eigenvalue weighted by molar-refractivity contribution is 5.73. The summed E-state index contributed by atoms with van der Waals surface area (Å²) in [4.78, 5) is 20.3. The standard InChI is InChI=1S/C8H16N2O7/c1-4(12)9-5(2-10(16)17)7(14)8(15)6(13)3-11/h5-8,11,13-15H,2-3H2,1H3,(H,9,12)/t5-,6+,7+,8+/m1/s1. The minimum atomic E-state index is -1.79. The van der Waals surface area contributed by atoms with E-state index in [-0.39, 0.29) is 0 Å². The molecule has 0 spiro atoms. The Morgan fingerprint density at radius 3 is 2.24 bits per heavy atom. The summed E-state index contributed by atoms with van der Waals surface area (Å²) < 4.78 is 0. The van der Waals surface area contributed by atoms with Crippen molar-refractivity contribution in [2.75, 3.05) is 13.2 Å². The molecule has 4 atom stereocenters. The van der Waals surface area contributed by atoms with Gasteiger partial charge in [0.2, 0.25) is 12.5 Å². The molecule has 0 saturated carbocycles. The molecule has 0 unspecified atom stereocenters. The van der Waals surface area contributed by atoms with Crippen molar-refractivity contribution in [3.63, 3.8) is 0 Å². The zero-order valence-corrected chi connectivity index (χ0v) is 9.18. The second-order valence-electron chi connectivity index (χ2n) is 3.55. The van der Waals surface area contributed by atoms with Gasteiger partial charge in [-0.2, -0.15) is 0 Å². The largest absolute Gasteiger partial charge is 0.394 e. The van der Waals surface area contributed by atoms with Gasteiger partial charge in [0.1, 0.15) is 24.4 Å². The Labute approximate surface area is 96.8 Å². The lowest BCUT2D eigenvalue weighted by atomic mass is 10.0. The predicted molar refractivity (Wildman–Crippen MR) is 54.6 cm³/mol. The number of nitrogens with one attached hydrogen (secondary N) is 1. The van der Waals surface area contributed by atoms with Crippen LogP contribution in [0.5, 0.6) is 0 Å². The monoisotopic (exact) mass is 252 g/mol. The van der Waals surface area contributed by atoms with Crippen LogP contribution in [0.4, 0.5) is 0 Å². The van der Waals surface area contributed by atoms with Crippen molar-refractivity contribution in [1.29, 1.82) is 0 Å². The van der Waals surface area contributed by atoms with E-state index in [1.165, 1.54) is 0 Å². The maximum absolute atomic E-state index is 10.8. The van der Waals surface area contributed by atoms with Gasteiger partial charge in [-0.05, 0) is 0 Å². The fourth-order valence-electron chi connectivity index (χ4n) is 1.23. The summed E-state index contributed by atoms with van der Waals surface area (Å²) in [5, 5.41) is 48.9. The first kappa shape index (κ1) is 15.7. The highest BCUT2D eigenvalue weighted by Crippen LogP contribution is 2.05. The number of nitro groups is 1. The number of carbonyl (C=O) groups is 1. The minimum Gasteiger partial charge on any atom is -0.394 e. The summed E-state index contributed by atoms with van der Waals surface area (Å²) in [6.45, 7) is -0.534. The molecule has 0 bridgehead atoms. The van der Waals surface area contributed by atoms with Crippen molar-refractivity contribution < 1.29 is 30.1 Å². The van der Waals surface area contributed by atoms with Crippen LogP contribution in [0.25, 0.3) is 0 Å². The molecule has 1 amide bonds. The third kappa shape index (κ3) is 5.54. The van der Waals surface area contributed by atoms with Gasteiger partial charge in [-0.15, -0.1) is 0 Å². The van der Waals surface area contributed by atoms with E-state index < -0.39 is 48.3 Å². The molecule has 0 rings (SSSR count). The topological polar surface area (TPSA) is 153 Å². The third-order valence-electron chi connectivity index (χ3n) is 2.08. The van der Waals surface area contributed by atoms with Crippen molar-refractivity contribution in [1.82, 2.24) is 5.32 Å². The van der Waals surface area contributed by atoms with Crippen molar-refractivity contribution >= 4 is 5.91 Å². The van der Waals surface area contributed by atoms with Gasteiger partial charge in [-0.3, -0.25) is 14.9 Å². The highest BCUT2D eigenvalue weighted by Gasteiger charge is 2.34. The first-order valence-electron chi connectivity index (χ1n) is 4.83. The van der Waals surface area contributed by atoms with E-state index in [1.807, 2.05) is 0 Å². The van der Waals surface area contributed by atoms with Gasteiger partial charge in [-0.1, -0.05) is 0 Å². The summed E-state index contributed by atoms with van der Waals surface area (Å²) in [5.41, 5.74) is 0. The number of hydrogen-bond acceptors (Lipinski definition) is 7. The molecule has 0 aromatic heterocycles. The van der Waals surface area contributed by atoms with Gasteiger partial charge in [0.15, 0.2) is 0 Å². The normalized spacial score (nSPS) is 17.9. The molecule has 5 N–H and O–H groups in total. The maximum Gasteiger partial charge on any atom is 0.226 e. The number of nitrogens with zero attached hydrogens (tertiary/aromatic N) is 1. The Bertz CT molecular complexity index is 257. The van der Waals surface area contributed by atoms with Gasteiger partial charge in [0.05, 0.1) is 6.61 Å². The Morgan fingerprint density at radius 2 is 1.88 bits per heavy atom. The summed E-state index contributed by atoms with van der Waals surface area (Å²) in [7, 11) is 0. The van der Waals surface area contributed by atoms with Crippen LogP contribution < -0.4 is 5.32 Å². The average molecular weight is 252 g/mol. The number of aliphatic hydroxyl groups is 4. The number of amides is 1. The number of aliphatic hydroxyl groups excluding tert-OH is 4. The maximum atomic E-state index is 10.8. The van der Waals surface area contributed by atoms with E-state index in [0.717, 1.165) is 6.92 Å². The molecular formula is C8H16N2O7. The molecule has 9 nitrogen and oxygen atoms in total. The molecule has 0 fully saturated rings. The molecule has 0 aliphatic heterocycles. The molecule has 0 aliphatic carbocycles. The van der Waals surface area contributed by atoms with Crippen LogP contribution in [0.3, 0.4) is 0 Å². The third-order valence-corrected chi connectivity index (χ3v) is 2.08. The fourth-order valence-corrected chi connectivity index (χ4v) is 1.23. The molecule has 0 aliphatic rings. The van der Waals surface area contributed by atoms with Gasteiger partial charge >= 0.3 is 0 Å². The van der Waals surface area contributed by atoms with Crippen LogP contribution >= 0.6 is 0 Å². The second kappa shape index (κ2) is 7.12. The van der Waals surface area contributed by atoms with E-state index in [1.54, 1.807) is 0 Å². The molecule has 0 heterocycles. The van der Waals surface area contributed by atoms with Crippen LogP contribution in [0.1, 0.15) is 6.92 Å². The predicted octanol–water partition coefficient (Wildman–Crippen LogP) is -3.16. The Kier molecular flexibility index (Phi) is 6.58. The van der Waals surface area contributed by atoms with Crippen molar-refractivity contribution in [3.8, 4) is 0 Å². The molecule has 0 aromatic rings. The summed E-state index contributed by atoms with van der Waals surface area (Å²) >= 11 is 0. The van der Waals surface area contributed by atoms with E-state index in [0.29, 0.717) is 0 Å². The molecular weight excluding hydrogens is 236 g/mol. The van der Waals surface area contributed by atoms with Crippen LogP contribution in [0.2, 0.25) is 0 Å². The lowest BCUT2D eigenvalue weighted by Gasteiger charge is -2.26. The van der Waals surface area contributed by atoms with Gasteiger partial charge in [-0.25, -0.2) is 0 Å². The van der Waals surface area contributed by atoms with Crippen LogP contribution in [0, 0.1) is 10.1 Å². The van der Waals surface area contributed by atoms with Crippen LogP contribution in [-0.2, 0) is 4.79 Å². The van der Waals surface area contributed by atoms with Crippen LogP contribution in [0.15, 0.2) is 0 Å². The van der Waals surface area contributed by atoms with Crippen molar-refractivity contribution in [2.24, 2.45) is 0 Å². The SMILES string of the molecule is CC(=O)N[C@H](C[N+](=O)[O-])[C@H](O)[C@@H](O)[C@@H](O)CO. The first-order chi connectivity index (χ1) is 7.79. The van der Waals surface area contributed by atoms with Gasteiger partial charge in [0, 0.05) is 11.8 Å². The number of hydrogen-bond donors (Lipinski definition) is 5. The summed E-state index contributed by atoms with van der Waals surface area (Å²) in [5.74, 6) is -0.624. The van der Waals surface area contributed by atoms with Crippen molar-refractivity contribution in [3.05, 3.63) is 10.1 Å². The van der Waals surface area contributed by atoms with Gasteiger partial charge < -0.3 is 25.7 Å². The van der Waals surface area contributed by atoms with E-state index >= 15 is 0 Å². The molecule has 100 valence electrons. The molecule has 0 saturated heterocycles. The smallest absolute Gasteiger partial charge is 0.226 e. The Balaban J connectivity index is 4.65. The number of carbonyl (C=O) groups excluding carboxylic acids is 1. The molecule has 9 heteroatoms. The van der Waals surface area contributed by atoms with E-state index in [4.69, 9.17) is 10.2 Å². The zero-order chi connectivity index (χ0) is 13.6.